The van der Waals surface area contributed by atoms with Crippen molar-refractivity contribution in [1.82, 2.24) is 4.98 Å². The highest BCUT2D eigenvalue weighted by molar-refractivity contribution is 7.16. The largest absolute Gasteiger partial charge is 0.403 e. The van der Waals surface area contributed by atoms with Gasteiger partial charge in [-0.05, 0) is 23.9 Å². The molecule has 0 N–H and O–H groups in total. The van der Waals surface area contributed by atoms with Crippen molar-refractivity contribution >= 4 is 27.2 Å². The van der Waals surface area contributed by atoms with Crippen LogP contribution in [0.1, 0.15) is 5.56 Å². The van der Waals surface area contributed by atoms with E-state index in [4.69, 9.17) is 4.42 Å². The number of aromatic nitrogens is 1. The molecular weight excluding hydrogens is 280 g/mol. The lowest BCUT2D eigenvalue weighted by Gasteiger charge is -2.00. The number of rotatable bonds is 2. The number of thiophene rings is 1. The highest BCUT2D eigenvalue weighted by Gasteiger charge is 2.19. The van der Waals surface area contributed by atoms with Crippen molar-refractivity contribution in [2.24, 2.45) is 0 Å². The molecule has 0 unspecified atom stereocenters. The maximum atomic E-state index is 12.0. The van der Waals surface area contributed by atoms with Crippen molar-refractivity contribution in [2.45, 2.75) is 6.92 Å². The van der Waals surface area contributed by atoms with Gasteiger partial charge in [0.1, 0.15) is 10.4 Å². The lowest BCUT2D eigenvalue weighted by Crippen LogP contribution is -2.03. The summed E-state index contributed by atoms with van der Waals surface area (Å²) in [6, 6.07) is 6.04. The molecule has 20 heavy (non-hydrogen) atoms. The van der Waals surface area contributed by atoms with Gasteiger partial charge in [-0.15, -0.1) is 11.3 Å². The highest BCUT2D eigenvalue weighted by Crippen LogP contribution is 2.30. The Balaban J connectivity index is 2.31. The van der Waals surface area contributed by atoms with Crippen molar-refractivity contribution in [3.05, 3.63) is 55.7 Å². The Labute approximate surface area is 116 Å². The number of benzene rings is 1. The summed E-state index contributed by atoms with van der Waals surface area (Å²) >= 11 is 1.31. The zero-order valence-electron chi connectivity index (χ0n) is 10.3. The second-order valence-electron chi connectivity index (χ2n) is 4.18. The summed E-state index contributed by atoms with van der Waals surface area (Å²) in [5, 5.41) is 13.2. The highest BCUT2D eigenvalue weighted by atomic mass is 32.1. The molecule has 7 heteroatoms. The number of nitro groups is 1. The lowest BCUT2D eigenvalue weighted by atomic mass is 10.2. The van der Waals surface area contributed by atoms with E-state index in [0.717, 1.165) is 5.56 Å². The number of para-hydroxylation sites is 1. The van der Waals surface area contributed by atoms with Crippen LogP contribution >= 0.6 is 11.3 Å². The molecule has 0 saturated carbocycles. The summed E-state index contributed by atoms with van der Waals surface area (Å²) < 4.78 is 5.14. The first-order valence-corrected chi connectivity index (χ1v) is 6.58. The maximum absolute atomic E-state index is 12.0. The summed E-state index contributed by atoms with van der Waals surface area (Å²) in [5.41, 5.74) is 0.320. The van der Waals surface area contributed by atoms with Gasteiger partial charge >= 0.3 is 5.63 Å². The molecule has 1 aromatic carbocycles. The molecule has 100 valence electrons. The Bertz CT molecular complexity index is 881. The third-order valence-corrected chi connectivity index (χ3v) is 3.87. The Kier molecular flexibility index (Phi) is 2.83. The van der Waals surface area contributed by atoms with Crippen molar-refractivity contribution in [1.29, 1.82) is 0 Å². The van der Waals surface area contributed by atoms with E-state index in [0.29, 0.717) is 10.2 Å². The first kappa shape index (κ1) is 12.5. The molecule has 2 heterocycles. The van der Waals surface area contributed by atoms with Crippen LogP contribution in [0.15, 0.2) is 38.9 Å². The van der Waals surface area contributed by atoms with Crippen LogP contribution in [-0.4, -0.2) is 9.91 Å². The molecule has 0 spiro atoms. The topological polar surface area (TPSA) is 86.2 Å². The van der Waals surface area contributed by atoms with E-state index in [1.54, 1.807) is 24.4 Å². The predicted octanol–water partition coefficient (Wildman–Crippen LogP) is 3.13. The van der Waals surface area contributed by atoms with Crippen molar-refractivity contribution in [3.63, 3.8) is 0 Å². The van der Waals surface area contributed by atoms with Gasteiger partial charge in [0.05, 0.1) is 10.3 Å². The third kappa shape index (κ3) is 1.88. The van der Waals surface area contributed by atoms with Crippen LogP contribution in [0.2, 0.25) is 0 Å². The number of nitro benzene ring substituents is 1. The molecule has 0 atom stereocenters. The summed E-state index contributed by atoms with van der Waals surface area (Å²) in [7, 11) is 0. The Morgan fingerprint density at radius 3 is 2.85 bits per heavy atom. The van der Waals surface area contributed by atoms with E-state index in [-0.39, 0.29) is 17.1 Å². The van der Waals surface area contributed by atoms with Crippen LogP contribution < -0.4 is 5.63 Å². The molecule has 0 fully saturated rings. The summed E-state index contributed by atoms with van der Waals surface area (Å²) in [5.74, 6) is -0.0309. The van der Waals surface area contributed by atoms with Crippen LogP contribution in [-0.2, 0) is 0 Å². The summed E-state index contributed by atoms with van der Waals surface area (Å²) in [6.07, 6.45) is 0. The van der Waals surface area contributed by atoms with Crippen LogP contribution in [0.4, 0.5) is 5.69 Å². The van der Waals surface area contributed by atoms with E-state index in [2.05, 4.69) is 4.98 Å². The Hall–Kier alpha value is -2.54. The van der Waals surface area contributed by atoms with Gasteiger partial charge in [-0.3, -0.25) is 10.1 Å². The van der Waals surface area contributed by atoms with Gasteiger partial charge in [0.2, 0.25) is 5.89 Å². The molecule has 2 aromatic heterocycles. The van der Waals surface area contributed by atoms with Gasteiger partial charge in [0.15, 0.2) is 0 Å². The molecule has 3 rings (SSSR count). The molecule has 0 saturated heterocycles. The van der Waals surface area contributed by atoms with Crippen LogP contribution in [0, 0.1) is 17.0 Å². The van der Waals surface area contributed by atoms with Gasteiger partial charge in [0, 0.05) is 6.07 Å². The van der Waals surface area contributed by atoms with Crippen molar-refractivity contribution in [2.75, 3.05) is 0 Å². The maximum Gasteiger partial charge on any atom is 0.348 e. The number of fused-ring (bicyclic) bond motifs is 1. The number of nitrogens with zero attached hydrogens (tertiary/aromatic N) is 2. The minimum atomic E-state index is -0.527. The predicted molar refractivity (Wildman–Crippen MR) is 75.0 cm³/mol. The number of hydrogen-bond acceptors (Lipinski definition) is 6. The second-order valence-corrected chi connectivity index (χ2v) is 5.04. The minimum Gasteiger partial charge on any atom is -0.403 e. The molecule has 3 aromatic rings. The Morgan fingerprint density at radius 2 is 2.10 bits per heavy atom. The van der Waals surface area contributed by atoms with Gasteiger partial charge in [-0.1, -0.05) is 12.1 Å². The normalized spacial score (nSPS) is 10.8. The average molecular weight is 288 g/mol. The van der Waals surface area contributed by atoms with Gasteiger partial charge in [-0.2, -0.15) is 0 Å². The third-order valence-electron chi connectivity index (χ3n) is 2.88. The quantitative estimate of drug-likeness (QED) is 0.534. The van der Waals surface area contributed by atoms with E-state index < -0.39 is 10.5 Å². The summed E-state index contributed by atoms with van der Waals surface area (Å²) in [4.78, 5) is 27.2. The monoisotopic (exact) mass is 288 g/mol. The standard InChI is InChI=1S/C13H8N2O4S/c1-7-6-20-12-10(7)13(16)19-11(14-12)8-4-2-3-5-9(8)15(17)18/h2-6H,1H3. The Morgan fingerprint density at radius 1 is 1.35 bits per heavy atom. The van der Waals surface area contributed by atoms with Crippen LogP contribution in [0.25, 0.3) is 21.7 Å². The fourth-order valence-electron chi connectivity index (χ4n) is 1.94. The molecule has 0 bridgehead atoms. The first-order valence-electron chi connectivity index (χ1n) is 5.70. The zero-order chi connectivity index (χ0) is 14.3. The number of hydrogen-bond donors (Lipinski definition) is 0. The van der Waals surface area contributed by atoms with Crippen LogP contribution in [0.5, 0.6) is 0 Å². The smallest absolute Gasteiger partial charge is 0.348 e. The molecular formula is C13H8N2O4S. The van der Waals surface area contributed by atoms with E-state index in [1.807, 2.05) is 0 Å². The van der Waals surface area contributed by atoms with Gasteiger partial charge in [-0.25, -0.2) is 9.78 Å². The zero-order valence-corrected chi connectivity index (χ0v) is 11.1. The van der Waals surface area contributed by atoms with Crippen molar-refractivity contribution in [3.8, 4) is 11.5 Å². The van der Waals surface area contributed by atoms with E-state index in [1.165, 1.54) is 23.5 Å². The van der Waals surface area contributed by atoms with Gasteiger partial charge in [0.25, 0.3) is 5.69 Å². The van der Waals surface area contributed by atoms with Gasteiger partial charge < -0.3 is 4.42 Å². The summed E-state index contributed by atoms with van der Waals surface area (Å²) in [6.45, 7) is 1.79. The molecule has 0 aliphatic carbocycles. The van der Waals surface area contributed by atoms with E-state index >= 15 is 0 Å². The minimum absolute atomic E-state index is 0.0309. The fraction of sp³-hybridized carbons (Fsp3) is 0.0769. The first-order chi connectivity index (χ1) is 9.58. The number of aryl methyl sites for hydroxylation is 1. The second kappa shape index (κ2) is 4.53. The average Bonchev–Trinajstić information content (AvgIpc) is 2.80. The molecule has 0 aliphatic rings. The lowest BCUT2D eigenvalue weighted by molar-refractivity contribution is -0.384. The molecule has 0 aliphatic heterocycles. The molecule has 0 radical (unpaired) electrons. The molecule has 6 nitrogen and oxygen atoms in total. The van der Waals surface area contributed by atoms with Crippen LogP contribution in [0.3, 0.4) is 0 Å². The SMILES string of the molecule is Cc1csc2nc(-c3ccccc3[N+](=O)[O-])oc(=O)c12. The van der Waals surface area contributed by atoms with E-state index in [9.17, 15) is 14.9 Å². The van der Waals surface area contributed by atoms with Crippen molar-refractivity contribution < 1.29 is 9.34 Å². The molecule has 0 amide bonds. The fourth-order valence-corrected chi connectivity index (χ4v) is 2.85.